The minimum absolute atomic E-state index is 0.0214. The molecule has 2 atom stereocenters. The molecule has 0 amide bonds. The first-order valence-electron chi connectivity index (χ1n) is 11.0. The molecule has 0 unspecified atom stereocenters. The van der Waals surface area contributed by atoms with Crippen LogP contribution in [-0.4, -0.2) is 24.1 Å². The maximum Gasteiger partial charge on any atom is 0.309 e. The van der Waals surface area contributed by atoms with Gasteiger partial charge in [-0.25, -0.2) is 0 Å². The van der Waals surface area contributed by atoms with Crippen LogP contribution in [0.1, 0.15) is 86.0 Å². The molecule has 3 aliphatic carbocycles. The fraction of sp³-hybridized carbons (Fsp3) is 0.625. The molecule has 0 aliphatic heterocycles. The molecule has 3 fully saturated rings. The highest BCUT2D eigenvalue weighted by molar-refractivity contribution is 5.98. The van der Waals surface area contributed by atoms with Gasteiger partial charge < -0.3 is 4.74 Å². The van der Waals surface area contributed by atoms with Crippen molar-refractivity contribution in [3.8, 4) is 0 Å². The van der Waals surface area contributed by atoms with Crippen molar-refractivity contribution in [2.24, 2.45) is 17.8 Å². The molecule has 0 aromatic heterocycles. The van der Waals surface area contributed by atoms with Gasteiger partial charge in [0.25, 0.3) is 0 Å². The lowest BCUT2D eigenvalue weighted by Gasteiger charge is -2.36. The number of ketones is 2. The Kier molecular flexibility index (Phi) is 5.93. The van der Waals surface area contributed by atoms with Gasteiger partial charge >= 0.3 is 5.97 Å². The Morgan fingerprint density at radius 2 is 1.43 bits per heavy atom. The Hall–Kier alpha value is -1.97. The van der Waals surface area contributed by atoms with Gasteiger partial charge in [-0.2, -0.15) is 0 Å². The lowest BCUT2D eigenvalue weighted by molar-refractivity contribution is -0.152. The van der Waals surface area contributed by atoms with Gasteiger partial charge in [-0.1, -0.05) is 49.9 Å². The van der Waals surface area contributed by atoms with E-state index in [2.05, 4.69) is 12.1 Å². The van der Waals surface area contributed by atoms with Crippen molar-refractivity contribution in [1.82, 2.24) is 0 Å². The van der Waals surface area contributed by atoms with Gasteiger partial charge in [-0.05, 0) is 50.0 Å². The Bertz CT molecular complexity index is 713. The quantitative estimate of drug-likeness (QED) is 0.539. The maximum atomic E-state index is 12.4. The number of carbonyl (C=O) groups excluding carboxylic acids is 3. The molecule has 4 rings (SSSR count). The number of rotatable bonds is 5. The van der Waals surface area contributed by atoms with Crippen molar-refractivity contribution in [2.45, 2.75) is 70.1 Å². The highest BCUT2D eigenvalue weighted by atomic mass is 16.5. The first kappa shape index (κ1) is 19.4. The lowest BCUT2D eigenvalue weighted by Crippen LogP contribution is -2.39. The summed E-state index contributed by atoms with van der Waals surface area (Å²) in [6.45, 7) is -0.207. The van der Waals surface area contributed by atoms with Crippen LogP contribution in [0.25, 0.3) is 0 Å². The fourth-order valence-electron chi connectivity index (χ4n) is 5.39. The fourth-order valence-corrected chi connectivity index (χ4v) is 5.39. The topological polar surface area (TPSA) is 60.4 Å². The van der Waals surface area contributed by atoms with Crippen LogP contribution in [0, 0.1) is 17.8 Å². The van der Waals surface area contributed by atoms with E-state index >= 15 is 0 Å². The minimum atomic E-state index is -0.309. The summed E-state index contributed by atoms with van der Waals surface area (Å²) in [7, 11) is 0. The minimum Gasteiger partial charge on any atom is -0.457 e. The molecular formula is C24H30O4. The second-order valence-corrected chi connectivity index (χ2v) is 8.88. The molecule has 3 aliphatic rings. The van der Waals surface area contributed by atoms with Gasteiger partial charge in [0.05, 0.1) is 5.92 Å². The number of esters is 1. The van der Waals surface area contributed by atoms with E-state index < -0.39 is 0 Å². The van der Waals surface area contributed by atoms with Gasteiger partial charge in [-0.15, -0.1) is 0 Å². The molecule has 0 heterocycles. The molecule has 4 nitrogen and oxygen atoms in total. The van der Waals surface area contributed by atoms with Crippen LogP contribution in [0.2, 0.25) is 0 Å². The number of ether oxygens (including phenoxy) is 1. The second-order valence-electron chi connectivity index (χ2n) is 8.88. The van der Waals surface area contributed by atoms with Crippen molar-refractivity contribution in [3.63, 3.8) is 0 Å². The van der Waals surface area contributed by atoms with E-state index in [0.29, 0.717) is 30.1 Å². The van der Waals surface area contributed by atoms with E-state index in [1.54, 1.807) is 0 Å². The highest BCUT2D eigenvalue weighted by Crippen LogP contribution is 2.40. The third kappa shape index (κ3) is 4.21. The molecule has 1 aromatic rings. The third-order valence-corrected chi connectivity index (χ3v) is 7.04. The zero-order chi connectivity index (χ0) is 19.5. The third-order valence-electron chi connectivity index (χ3n) is 7.04. The average Bonchev–Trinajstić information content (AvgIpc) is 2.72. The standard InChI is InChI=1S/C24H30O4/c25-22(18-11-9-17(10-12-18)16-5-2-1-3-6-16)15-28-24(27)21-13-19-7-4-8-20(14-21)23(19)26/h9-12,16,19-21H,1-8,13-15H2/t19-,20-/m0/s1. The van der Waals surface area contributed by atoms with Crippen LogP contribution in [0.4, 0.5) is 0 Å². The second kappa shape index (κ2) is 8.59. The lowest BCUT2D eigenvalue weighted by atomic mass is 9.67. The van der Waals surface area contributed by atoms with E-state index in [-0.39, 0.29) is 36.1 Å². The van der Waals surface area contributed by atoms with Gasteiger partial charge in [0.15, 0.2) is 12.4 Å². The van der Waals surface area contributed by atoms with E-state index in [4.69, 9.17) is 4.74 Å². The van der Waals surface area contributed by atoms with E-state index in [9.17, 15) is 14.4 Å². The smallest absolute Gasteiger partial charge is 0.309 e. The molecule has 0 N–H and O–H groups in total. The number of benzene rings is 1. The largest absolute Gasteiger partial charge is 0.457 e. The predicted octanol–water partition coefficient (Wildman–Crippen LogP) is 4.86. The summed E-state index contributed by atoms with van der Waals surface area (Å²) in [6, 6.07) is 7.84. The number of hydrogen-bond donors (Lipinski definition) is 0. The molecule has 3 saturated carbocycles. The average molecular weight is 383 g/mol. The van der Waals surface area contributed by atoms with E-state index in [1.807, 2.05) is 12.1 Å². The Morgan fingerprint density at radius 3 is 2.07 bits per heavy atom. The number of carbonyl (C=O) groups is 3. The normalized spacial score (nSPS) is 28.0. The molecule has 4 heteroatoms. The summed E-state index contributed by atoms with van der Waals surface area (Å²) in [5.74, 6) is 0.302. The van der Waals surface area contributed by atoms with E-state index in [1.165, 1.54) is 37.7 Å². The first-order chi connectivity index (χ1) is 13.6. The number of hydrogen-bond acceptors (Lipinski definition) is 4. The Labute approximate surface area is 167 Å². The van der Waals surface area contributed by atoms with Crippen LogP contribution >= 0.6 is 0 Å². The summed E-state index contributed by atoms with van der Waals surface area (Å²) in [5, 5.41) is 0. The Balaban J connectivity index is 1.29. The molecule has 0 saturated heterocycles. The van der Waals surface area contributed by atoms with Crippen LogP contribution in [0.3, 0.4) is 0 Å². The summed E-state index contributed by atoms with van der Waals surface area (Å²) in [4.78, 5) is 37.0. The van der Waals surface area contributed by atoms with Gasteiger partial charge in [0.2, 0.25) is 0 Å². The summed E-state index contributed by atoms with van der Waals surface area (Å²) < 4.78 is 5.34. The van der Waals surface area contributed by atoms with Crippen LogP contribution in [0.5, 0.6) is 0 Å². The van der Waals surface area contributed by atoms with Crippen LogP contribution in [-0.2, 0) is 14.3 Å². The predicted molar refractivity (Wildman–Crippen MR) is 106 cm³/mol. The van der Waals surface area contributed by atoms with Crippen molar-refractivity contribution < 1.29 is 19.1 Å². The highest BCUT2D eigenvalue weighted by Gasteiger charge is 2.41. The monoisotopic (exact) mass is 382 g/mol. The molecule has 150 valence electrons. The Morgan fingerprint density at radius 1 is 0.821 bits per heavy atom. The van der Waals surface area contributed by atoms with E-state index in [0.717, 1.165) is 19.3 Å². The molecular weight excluding hydrogens is 352 g/mol. The molecule has 28 heavy (non-hydrogen) atoms. The van der Waals surface area contributed by atoms with Crippen LogP contribution in [0.15, 0.2) is 24.3 Å². The first-order valence-corrected chi connectivity index (χ1v) is 11.0. The van der Waals surface area contributed by atoms with Crippen molar-refractivity contribution in [3.05, 3.63) is 35.4 Å². The van der Waals surface area contributed by atoms with Gasteiger partial charge in [-0.3, -0.25) is 14.4 Å². The van der Waals surface area contributed by atoms with Crippen molar-refractivity contribution >= 4 is 17.5 Å². The van der Waals surface area contributed by atoms with Crippen LogP contribution < -0.4 is 0 Å². The molecule has 0 spiro atoms. The summed E-state index contributed by atoms with van der Waals surface area (Å²) in [6.07, 6.45) is 10.4. The SMILES string of the molecule is O=C(COC(=O)C1C[C@@H]2CCC[C@@H](C1)C2=O)c1ccc(C2CCCCC2)cc1. The summed E-state index contributed by atoms with van der Waals surface area (Å²) >= 11 is 0. The number of Topliss-reactive ketones (excluding diaryl/α,β-unsaturated/α-hetero) is 2. The summed E-state index contributed by atoms with van der Waals surface area (Å²) in [5.41, 5.74) is 1.91. The molecule has 1 aromatic carbocycles. The number of fused-ring (bicyclic) bond motifs is 2. The molecule has 2 bridgehead atoms. The van der Waals surface area contributed by atoms with Gasteiger partial charge in [0.1, 0.15) is 5.78 Å². The van der Waals surface area contributed by atoms with Crippen molar-refractivity contribution in [1.29, 1.82) is 0 Å². The molecule has 0 radical (unpaired) electrons. The van der Waals surface area contributed by atoms with Gasteiger partial charge in [0, 0.05) is 17.4 Å². The maximum absolute atomic E-state index is 12.4. The zero-order valence-corrected chi connectivity index (χ0v) is 16.5. The van der Waals surface area contributed by atoms with Crippen molar-refractivity contribution in [2.75, 3.05) is 6.61 Å². The zero-order valence-electron chi connectivity index (χ0n) is 16.5.